The molecule has 2 aromatic rings. The number of anilines is 1. The number of esters is 2. The van der Waals surface area contributed by atoms with Crippen molar-refractivity contribution in [1.82, 2.24) is 0 Å². The van der Waals surface area contributed by atoms with E-state index in [1.54, 1.807) is 39.0 Å². The van der Waals surface area contributed by atoms with Crippen molar-refractivity contribution in [3.05, 3.63) is 50.9 Å². The van der Waals surface area contributed by atoms with Crippen molar-refractivity contribution in [2.24, 2.45) is 0 Å². The van der Waals surface area contributed by atoms with Gasteiger partial charge in [-0.3, -0.25) is 4.79 Å². The summed E-state index contributed by atoms with van der Waals surface area (Å²) >= 11 is 6.88. The zero-order valence-corrected chi connectivity index (χ0v) is 16.1. The van der Waals surface area contributed by atoms with Crippen molar-refractivity contribution in [2.75, 3.05) is 18.5 Å². The molecule has 1 amide bonds. The molecule has 1 heterocycles. The van der Waals surface area contributed by atoms with Gasteiger partial charge in [0.1, 0.15) is 9.88 Å². The number of nitrogens with one attached hydrogen (secondary N) is 1. The Morgan fingerprint density at radius 1 is 1.12 bits per heavy atom. The third kappa shape index (κ3) is 4.42. The monoisotopic (exact) mass is 395 g/mol. The van der Waals surface area contributed by atoms with Crippen LogP contribution in [0.3, 0.4) is 0 Å². The average molecular weight is 396 g/mol. The first kappa shape index (κ1) is 19.9. The number of rotatable bonds is 6. The molecule has 2 rings (SSSR count). The number of hydrogen-bond acceptors (Lipinski definition) is 6. The maximum Gasteiger partial charge on any atom is 0.348 e. The first-order chi connectivity index (χ1) is 12.4. The van der Waals surface area contributed by atoms with E-state index in [1.165, 1.54) is 6.07 Å². The Hall–Kier alpha value is -2.38. The smallest absolute Gasteiger partial charge is 0.348 e. The third-order valence-corrected chi connectivity index (χ3v) is 4.82. The predicted octanol–water partition coefficient (Wildman–Crippen LogP) is 4.32. The van der Waals surface area contributed by atoms with E-state index in [-0.39, 0.29) is 28.7 Å². The number of thiophene rings is 1. The third-order valence-electron chi connectivity index (χ3n) is 3.40. The zero-order valence-electron chi connectivity index (χ0n) is 14.6. The Balaban J connectivity index is 2.42. The highest BCUT2D eigenvalue weighted by molar-refractivity contribution is 7.18. The van der Waals surface area contributed by atoms with Gasteiger partial charge in [0.15, 0.2) is 0 Å². The first-order valence-electron chi connectivity index (χ1n) is 7.93. The molecule has 0 aliphatic heterocycles. The summed E-state index contributed by atoms with van der Waals surface area (Å²) in [6.45, 7) is 5.36. The number of hydrogen-bond donors (Lipinski definition) is 1. The minimum absolute atomic E-state index is 0.148. The molecule has 0 bridgehead atoms. The van der Waals surface area contributed by atoms with Crippen molar-refractivity contribution >= 4 is 45.8 Å². The summed E-state index contributed by atoms with van der Waals surface area (Å²) < 4.78 is 10.1. The normalized spacial score (nSPS) is 10.3. The molecule has 1 N–H and O–H groups in total. The van der Waals surface area contributed by atoms with E-state index < -0.39 is 17.8 Å². The molecule has 0 aliphatic rings. The molecular weight excluding hydrogens is 378 g/mol. The second-order valence-electron chi connectivity index (χ2n) is 5.17. The maximum atomic E-state index is 12.5. The van der Waals surface area contributed by atoms with E-state index >= 15 is 0 Å². The predicted molar refractivity (Wildman–Crippen MR) is 100 cm³/mol. The number of benzene rings is 1. The SMILES string of the molecule is CCOC(=O)c1sc(NC(=O)c2cccc(Cl)c2)c(C(=O)OCC)c1C. The summed E-state index contributed by atoms with van der Waals surface area (Å²) in [6.07, 6.45) is 0. The van der Waals surface area contributed by atoms with E-state index in [0.717, 1.165) is 11.3 Å². The van der Waals surface area contributed by atoms with Crippen LogP contribution in [0.5, 0.6) is 0 Å². The van der Waals surface area contributed by atoms with Gasteiger partial charge in [-0.2, -0.15) is 0 Å². The van der Waals surface area contributed by atoms with Crippen molar-refractivity contribution < 1.29 is 23.9 Å². The van der Waals surface area contributed by atoms with E-state index in [1.807, 2.05) is 0 Å². The van der Waals surface area contributed by atoms with Crippen LogP contribution in [0.1, 0.15) is 49.8 Å². The Kier molecular flexibility index (Phi) is 6.76. The van der Waals surface area contributed by atoms with Gasteiger partial charge in [-0.05, 0) is 44.5 Å². The molecule has 0 spiro atoms. The number of halogens is 1. The molecule has 0 fully saturated rings. The number of carbonyl (C=O) groups excluding carboxylic acids is 3. The molecule has 0 unspecified atom stereocenters. The van der Waals surface area contributed by atoms with Gasteiger partial charge in [0, 0.05) is 10.6 Å². The summed E-state index contributed by atoms with van der Waals surface area (Å²) in [4.78, 5) is 37.2. The first-order valence-corrected chi connectivity index (χ1v) is 9.13. The molecule has 1 aromatic heterocycles. The summed E-state index contributed by atoms with van der Waals surface area (Å²) in [6, 6.07) is 6.40. The fraction of sp³-hybridized carbons (Fsp3) is 0.278. The van der Waals surface area contributed by atoms with Gasteiger partial charge in [0.25, 0.3) is 5.91 Å². The minimum Gasteiger partial charge on any atom is -0.462 e. The molecule has 26 heavy (non-hydrogen) atoms. The Labute approximate surface area is 160 Å². The number of amides is 1. The van der Waals surface area contributed by atoms with Crippen LogP contribution in [0.4, 0.5) is 5.00 Å². The van der Waals surface area contributed by atoms with Crippen LogP contribution >= 0.6 is 22.9 Å². The number of ether oxygens (including phenoxy) is 2. The fourth-order valence-electron chi connectivity index (χ4n) is 2.25. The summed E-state index contributed by atoms with van der Waals surface area (Å²) in [5, 5.41) is 3.31. The van der Waals surface area contributed by atoms with E-state index in [9.17, 15) is 14.4 Å². The Morgan fingerprint density at radius 3 is 2.38 bits per heavy atom. The fourth-order valence-corrected chi connectivity index (χ4v) is 3.52. The summed E-state index contributed by atoms with van der Waals surface area (Å²) in [7, 11) is 0. The standard InChI is InChI=1S/C18H18ClNO5S/c1-4-24-17(22)13-10(3)14(18(23)25-5-2)26-16(13)20-15(21)11-7-6-8-12(19)9-11/h6-9H,4-5H2,1-3H3,(H,20,21). The molecule has 0 saturated heterocycles. The number of carbonyl (C=O) groups is 3. The summed E-state index contributed by atoms with van der Waals surface area (Å²) in [5.74, 6) is -1.61. The van der Waals surface area contributed by atoms with Gasteiger partial charge in [0.05, 0.1) is 18.8 Å². The van der Waals surface area contributed by atoms with Crippen LogP contribution in [-0.2, 0) is 9.47 Å². The molecule has 0 atom stereocenters. The van der Waals surface area contributed by atoms with Crippen LogP contribution < -0.4 is 5.32 Å². The summed E-state index contributed by atoms with van der Waals surface area (Å²) in [5.41, 5.74) is 0.889. The highest BCUT2D eigenvalue weighted by Crippen LogP contribution is 2.34. The Bertz CT molecular complexity index is 846. The molecule has 1 aromatic carbocycles. The van der Waals surface area contributed by atoms with Crippen molar-refractivity contribution in [3.63, 3.8) is 0 Å². The quantitative estimate of drug-likeness (QED) is 0.737. The molecule has 8 heteroatoms. The lowest BCUT2D eigenvalue weighted by Gasteiger charge is -2.07. The topological polar surface area (TPSA) is 81.7 Å². The second kappa shape index (κ2) is 8.82. The van der Waals surface area contributed by atoms with Crippen molar-refractivity contribution in [2.45, 2.75) is 20.8 Å². The highest BCUT2D eigenvalue weighted by atomic mass is 35.5. The molecule has 0 radical (unpaired) electrons. The molecule has 6 nitrogen and oxygen atoms in total. The van der Waals surface area contributed by atoms with Crippen molar-refractivity contribution in [1.29, 1.82) is 0 Å². The lowest BCUT2D eigenvalue weighted by Crippen LogP contribution is -2.15. The zero-order chi connectivity index (χ0) is 19.3. The van der Waals surface area contributed by atoms with E-state index in [2.05, 4.69) is 5.32 Å². The van der Waals surface area contributed by atoms with Gasteiger partial charge >= 0.3 is 11.9 Å². The van der Waals surface area contributed by atoms with Crippen LogP contribution in [0.25, 0.3) is 0 Å². The largest absolute Gasteiger partial charge is 0.462 e. The maximum absolute atomic E-state index is 12.5. The lowest BCUT2D eigenvalue weighted by molar-refractivity contribution is 0.0527. The van der Waals surface area contributed by atoms with Crippen LogP contribution in [0.2, 0.25) is 5.02 Å². The van der Waals surface area contributed by atoms with Gasteiger partial charge in [-0.15, -0.1) is 11.3 Å². The molecule has 0 saturated carbocycles. The minimum atomic E-state index is -0.613. The van der Waals surface area contributed by atoms with Gasteiger partial charge in [-0.25, -0.2) is 9.59 Å². The van der Waals surface area contributed by atoms with E-state index in [0.29, 0.717) is 16.1 Å². The van der Waals surface area contributed by atoms with Crippen LogP contribution in [-0.4, -0.2) is 31.1 Å². The van der Waals surface area contributed by atoms with Crippen LogP contribution in [0, 0.1) is 6.92 Å². The molecular formula is C18H18ClNO5S. The van der Waals surface area contributed by atoms with Crippen LogP contribution in [0.15, 0.2) is 24.3 Å². The Morgan fingerprint density at radius 2 is 1.77 bits per heavy atom. The van der Waals surface area contributed by atoms with E-state index in [4.69, 9.17) is 21.1 Å². The average Bonchev–Trinajstić information content (AvgIpc) is 2.91. The highest BCUT2D eigenvalue weighted by Gasteiger charge is 2.27. The van der Waals surface area contributed by atoms with Gasteiger partial charge in [-0.1, -0.05) is 17.7 Å². The molecule has 138 valence electrons. The van der Waals surface area contributed by atoms with Gasteiger partial charge < -0.3 is 14.8 Å². The van der Waals surface area contributed by atoms with Gasteiger partial charge in [0.2, 0.25) is 0 Å². The lowest BCUT2D eigenvalue weighted by atomic mass is 10.1. The van der Waals surface area contributed by atoms with Crippen molar-refractivity contribution in [3.8, 4) is 0 Å². The molecule has 0 aliphatic carbocycles. The second-order valence-corrected chi connectivity index (χ2v) is 6.62.